The van der Waals surface area contributed by atoms with Gasteiger partial charge in [-0.15, -0.1) is 0 Å². The SMILES string of the molecule is [CH2-]N1CCCCCC1c1ccccn1. The molecule has 1 unspecified atom stereocenters. The molecule has 1 fully saturated rings. The van der Waals surface area contributed by atoms with E-state index >= 15 is 0 Å². The van der Waals surface area contributed by atoms with Gasteiger partial charge in [-0.3, -0.25) is 12.0 Å². The smallest absolute Gasteiger partial charge is 0.0550 e. The quantitative estimate of drug-likeness (QED) is 0.631. The van der Waals surface area contributed by atoms with Crippen molar-refractivity contribution in [2.75, 3.05) is 6.54 Å². The van der Waals surface area contributed by atoms with Crippen LogP contribution in [0.3, 0.4) is 0 Å². The maximum Gasteiger partial charge on any atom is 0.0550 e. The van der Waals surface area contributed by atoms with Gasteiger partial charge in [0.2, 0.25) is 0 Å². The third kappa shape index (κ3) is 2.13. The Morgan fingerprint density at radius 1 is 1.29 bits per heavy atom. The highest BCUT2D eigenvalue weighted by Crippen LogP contribution is 2.27. The first-order valence-corrected chi connectivity index (χ1v) is 5.36. The highest BCUT2D eigenvalue weighted by atomic mass is 15.1. The molecule has 14 heavy (non-hydrogen) atoms. The van der Waals surface area contributed by atoms with Crippen LogP contribution in [0, 0.1) is 7.05 Å². The van der Waals surface area contributed by atoms with Crippen LogP contribution in [0.4, 0.5) is 0 Å². The average molecular weight is 189 g/mol. The fourth-order valence-electron chi connectivity index (χ4n) is 2.08. The van der Waals surface area contributed by atoms with Crippen LogP contribution in [0.15, 0.2) is 24.4 Å². The molecule has 2 heterocycles. The van der Waals surface area contributed by atoms with Crippen LogP contribution in [-0.2, 0) is 0 Å². The Morgan fingerprint density at radius 2 is 2.21 bits per heavy atom. The molecule has 76 valence electrons. The molecule has 0 spiro atoms. The molecule has 2 nitrogen and oxygen atoms in total. The molecule has 0 amide bonds. The summed E-state index contributed by atoms with van der Waals surface area (Å²) < 4.78 is 0. The lowest BCUT2D eigenvalue weighted by Crippen LogP contribution is -2.22. The fourth-order valence-corrected chi connectivity index (χ4v) is 2.08. The Balaban J connectivity index is 2.15. The first kappa shape index (κ1) is 9.66. The van der Waals surface area contributed by atoms with Gasteiger partial charge < -0.3 is 4.90 Å². The van der Waals surface area contributed by atoms with E-state index in [2.05, 4.69) is 29.1 Å². The molecule has 2 heteroatoms. The van der Waals surface area contributed by atoms with Gasteiger partial charge >= 0.3 is 0 Å². The standard InChI is InChI=1S/C12H17N2/c1-14-10-6-2-3-8-12(14)11-7-4-5-9-13-11/h4-5,7,9,12H,1-3,6,8,10H2/q-1. The second-order valence-corrected chi connectivity index (χ2v) is 3.93. The van der Waals surface area contributed by atoms with Crippen molar-refractivity contribution in [3.05, 3.63) is 37.1 Å². The summed E-state index contributed by atoms with van der Waals surface area (Å²) in [5.74, 6) is 0. The molecule has 1 aliphatic heterocycles. The van der Waals surface area contributed by atoms with E-state index in [4.69, 9.17) is 0 Å². The lowest BCUT2D eigenvalue weighted by atomic mass is 10.1. The minimum atomic E-state index is 0.429. The normalized spacial score (nSPS) is 24.5. The van der Waals surface area contributed by atoms with Gasteiger partial charge in [0.15, 0.2) is 0 Å². The summed E-state index contributed by atoms with van der Waals surface area (Å²) in [7, 11) is 4.11. The Morgan fingerprint density at radius 3 is 3.00 bits per heavy atom. The Bertz CT molecular complexity index is 271. The van der Waals surface area contributed by atoms with E-state index in [-0.39, 0.29) is 0 Å². The molecule has 0 radical (unpaired) electrons. The molecule has 0 aromatic carbocycles. The Hall–Kier alpha value is -0.890. The zero-order valence-corrected chi connectivity index (χ0v) is 8.52. The lowest BCUT2D eigenvalue weighted by Gasteiger charge is -2.32. The minimum Gasteiger partial charge on any atom is -0.452 e. The van der Waals surface area contributed by atoms with E-state index in [1.807, 2.05) is 12.3 Å². The molecule has 0 saturated carbocycles. The molecule has 0 aliphatic carbocycles. The first-order valence-electron chi connectivity index (χ1n) is 5.36. The number of hydrogen-bond donors (Lipinski definition) is 0. The van der Waals surface area contributed by atoms with Gasteiger partial charge in [0.25, 0.3) is 0 Å². The number of hydrogen-bond acceptors (Lipinski definition) is 2. The zero-order valence-electron chi connectivity index (χ0n) is 8.52. The van der Waals surface area contributed by atoms with Crippen molar-refractivity contribution in [1.82, 2.24) is 9.88 Å². The third-order valence-corrected chi connectivity index (χ3v) is 2.89. The van der Waals surface area contributed by atoms with Crippen LogP contribution >= 0.6 is 0 Å². The van der Waals surface area contributed by atoms with Crippen molar-refractivity contribution < 1.29 is 0 Å². The van der Waals surface area contributed by atoms with Gasteiger partial charge in [-0.1, -0.05) is 18.9 Å². The topological polar surface area (TPSA) is 16.1 Å². The second kappa shape index (κ2) is 4.56. The van der Waals surface area contributed by atoms with Gasteiger partial charge in [-0.05, 0) is 31.5 Å². The summed E-state index contributed by atoms with van der Waals surface area (Å²) in [6.45, 7) is 1.10. The van der Waals surface area contributed by atoms with E-state index in [0.717, 1.165) is 6.54 Å². The van der Waals surface area contributed by atoms with Crippen molar-refractivity contribution >= 4 is 0 Å². The number of likely N-dealkylation sites (tertiary alicyclic amines) is 1. The average Bonchev–Trinajstić information content (AvgIpc) is 2.44. The van der Waals surface area contributed by atoms with E-state index in [1.54, 1.807) is 0 Å². The monoisotopic (exact) mass is 189 g/mol. The third-order valence-electron chi connectivity index (χ3n) is 2.89. The zero-order chi connectivity index (χ0) is 9.80. The predicted molar refractivity (Wildman–Crippen MR) is 57.5 cm³/mol. The molecule has 0 bridgehead atoms. The van der Waals surface area contributed by atoms with Gasteiger partial charge in [0, 0.05) is 12.2 Å². The second-order valence-electron chi connectivity index (χ2n) is 3.93. The largest absolute Gasteiger partial charge is 0.452 e. The molecule has 0 N–H and O–H groups in total. The van der Waals surface area contributed by atoms with E-state index < -0.39 is 0 Å². The molecule has 1 aromatic rings. The molecule has 1 atom stereocenters. The summed E-state index contributed by atoms with van der Waals surface area (Å²) in [5.41, 5.74) is 1.17. The number of pyridine rings is 1. The van der Waals surface area contributed by atoms with Crippen molar-refractivity contribution in [3.8, 4) is 0 Å². The van der Waals surface area contributed by atoms with Crippen LogP contribution in [0.1, 0.15) is 37.4 Å². The Kier molecular flexibility index (Phi) is 3.14. The van der Waals surface area contributed by atoms with Crippen molar-refractivity contribution in [1.29, 1.82) is 0 Å². The molecule has 1 aromatic heterocycles. The molecular weight excluding hydrogens is 172 g/mol. The van der Waals surface area contributed by atoms with Crippen LogP contribution in [0.2, 0.25) is 0 Å². The first-order chi connectivity index (χ1) is 6.88. The summed E-state index contributed by atoms with van der Waals surface area (Å²) >= 11 is 0. The maximum absolute atomic E-state index is 4.41. The number of nitrogens with zero attached hydrogens (tertiary/aromatic N) is 2. The summed E-state index contributed by atoms with van der Waals surface area (Å²) in [6.07, 6.45) is 6.96. The molecule has 2 rings (SSSR count). The molecule has 1 aliphatic rings. The maximum atomic E-state index is 4.41. The van der Waals surface area contributed by atoms with Gasteiger partial charge in [-0.25, -0.2) is 0 Å². The van der Waals surface area contributed by atoms with E-state index in [1.165, 1.54) is 31.4 Å². The van der Waals surface area contributed by atoms with E-state index in [0.29, 0.717) is 6.04 Å². The van der Waals surface area contributed by atoms with Crippen molar-refractivity contribution in [2.24, 2.45) is 0 Å². The lowest BCUT2D eigenvalue weighted by molar-refractivity contribution is 0.275. The van der Waals surface area contributed by atoms with Gasteiger partial charge in [0.1, 0.15) is 0 Å². The summed E-state index contributed by atoms with van der Waals surface area (Å²) in [5, 5.41) is 0. The van der Waals surface area contributed by atoms with Crippen LogP contribution in [0.25, 0.3) is 0 Å². The summed E-state index contributed by atoms with van der Waals surface area (Å²) in [4.78, 5) is 6.60. The predicted octanol–water partition coefficient (Wildman–Crippen LogP) is 2.79. The van der Waals surface area contributed by atoms with Crippen molar-refractivity contribution in [2.45, 2.75) is 31.7 Å². The van der Waals surface area contributed by atoms with Gasteiger partial charge in [0.05, 0.1) is 5.69 Å². The highest BCUT2D eigenvalue weighted by molar-refractivity contribution is 5.09. The van der Waals surface area contributed by atoms with Gasteiger partial charge in [-0.2, -0.15) is 0 Å². The van der Waals surface area contributed by atoms with Crippen LogP contribution < -0.4 is 0 Å². The number of aromatic nitrogens is 1. The van der Waals surface area contributed by atoms with Crippen molar-refractivity contribution in [3.63, 3.8) is 0 Å². The fraction of sp³-hybridized carbons (Fsp3) is 0.500. The van der Waals surface area contributed by atoms with Crippen LogP contribution in [0.5, 0.6) is 0 Å². The van der Waals surface area contributed by atoms with Crippen LogP contribution in [-0.4, -0.2) is 16.4 Å². The summed E-state index contributed by atoms with van der Waals surface area (Å²) in [6, 6.07) is 6.56. The molecular formula is C12H17N2-. The minimum absolute atomic E-state index is 0.429. The van der Waals surface area contributed by atoms with E-state index in [9.17, 15) is 0 Å². The molecule has 1 saturated heterocycles. The number of rotatable bonds is 1. The Labute approximate surface area is 86.0 Å². The highest BCUT2D eigenvalue weighted by Gasteiger charge is 2.15.